The van der Waals surface area contributed by atoms with Gasteiger partial charge in [-0.2, -0.15) is 0 Å². The highest BCUT2D eigenvalue weighted by molar-refractivity contribution is 5.95. The van der Waals surface area contributed by atoms with Crippen molar-refractivity contribution in [3.63, 3.8) is 0 Å². The molecule has 0 amide bonds. The standard InChI is InChI=1S/C11H9N3O2/c15-9(7-4-5-7)11-14-13-10(16-11)8-3-1-2-6-12-8/h1-3,6-7H,4-5H2. The predicted octanol–water partition coefficient (Wildman–Crippen LogP) is 1.72. The van der Waals surface area contributed by atoms with Gasteiger partial charge in [0.2, 0.25) is 5.78 Å². The van der Waals surface area contributed by atoms with Crippen molar-refractivity contribution in [3.05, 3.63) is 30.3 Å². The van der Waals surface area contributed by atoms with Crippen molar-refractivity contribution in [2.45, 2.75) is 12.8 Å². The van der Waals surface area contributed by atoms with E-state index in [9.17, 15) is 4.79 Å². The van der Waals surface area contributed by atoms with Crippen LogP contribution in [-0.2, 0) is 0 Å². The zero-order chi connectivity index (χ0) is 11.0. The fourth-order valence-electron chi connectivity index (χ4n) is 1.44. The first kappa shape index (κ1) is 9.21. The van der Waals surface area contributed by atoms with Crippen LogP contribution in [0, 0.1) is 5.92 Å². The Balaban J connectivity index is 1.90. The van der Waals surface area contributed by atoms with Crippen LogP contribution < -0.4 is 0 Å². The minimum Gasteiger partial charge on any atom is -0.412 e. The summed E-state index contributed by atoms with van der Waals surface area (Å²) in [5.74, 6) is 0.444. The fraction of sp³-hybridized carbons (Fsp3) is 0.273. The number of pyridine rings is 1. The molecule has 2 aromatic heterocycles. The van der Waals surface area contributed by atoms with Gasteiger partial charge >= 0.3 is 0 Å². The molecule has 0 atom stereocenters. The molecule has 1 aliphatic rings. The Labute approximate surface area is 91.5 Å². The highest BCUT2D eigenvalue weighted by Crippen LogP contribution is 2.32. The van der Waals surface area contributed by atoms with Gasteiger partial charge in [0.05, 0.1) is 0 Å². The second-order valence-corrected chi connectivity index (χ2v) is 3.77. The molecule has 0 radical (unpaired) electrons. The average molecular weight is 215 g/mol. The summed E-state index contributed by atoms with van der Waals surface area (Å²) in [7, 11) is 0. The molecule has 5 heteroatoms. The van der Waals surface area contributed by atoms with Crippen molar-refractivity contribution < 1.29 is 9.21 Å². The molecule has 0 aliphatic heterocycles. The third kappa shape index (κ3) is 1.60. The number of aromatic nitrogens is 3. The molecule has 0 bridgehead atoms. The number of ketones is 1. The van der Waals surface area contributed by atoms with Crippen molar-refractivity contribution in [1.82, 2.24) is 15.2 Å². The highest BCUT2D eigenvalue weighted by Gasteiger charge is 2.34. The van der Waals surface area contributed by atoms with Crippen LogP contribution in [0.25, 0.3) is 11.6 Å². The Bertz CT molecular complexity index is 517. The van der Waals surface area contributed by atoms with Crippen molar-refractivity contribution >= 4 is 5.78 Å². The molecule has 1 aliphatic carbocycles. The maximum Gasteiger partial charge on any atom is 0.284 e. The monoisotopic (exact) mass is 215 g/mol. The van der Waals surface area contributed by atoms with E-state index in [0.717, 1.165) is 12.8 Å². The number of hydrogen-bond acceptors (Lipinski definition) is 5. The first-order valence-corrected chi connectivity index (χ1v) is 5.14. The Hall–Kier alpha value is -2.04. The lowest BCUT2D eigenvalue weighted by atomic mass is 10.3. The van der Waals surface area contributed by atoms with Crippen LogP contribution >= 0.6 is 0 Å². The van der Waals surface area contributed by atoms with Crippen LogP contribution in [0.4, 0.5) is 0 Å². The number of rotatable bonds is 3. The molecule has 0 saturated heterocycles. The van der Waals surface area contributed by atoms with Crippen molar-refractivity contribution in [2.24, 2.45) is 5.92 Å². The van der Waals surface area contributed by atoms with Crippen molar-refractivity contribution in [1.29, 1.82) is 0 Å². The lowest BCUT2D eigenvalue weighted by Gasteiger charge is -1.91. The second-order valence-electron chi connectivity index (χ2n) is 3.77. The highest BCUT2D eigenvalue weighted by atomic mass is 16.4. The lowest BCUT2D eigenvalue weighted by Crippen LogP contribution is -2.01. The number of Topliss-reactive ketones (excluding diaryl/α,β-unsaturated/α-hetero) is 1. The molecule has 16 heavy (non-hydrogen) atoms. The van der Waals surface area contributed by atoms with Gasteiger partial charge in [0.25, 0.3) is 11.8 Å². The summed E-state index contributed by atoms with van der Waals surface area (Å²) in [6.07, 6.45) is 3.50. The number of nitrogens with zero attached hydrogens (tertiary/aromatic N) is 3. The summed E-state index contributed by atoms with van der Waals surface area (Å²) in [6, 6.07) is 5.39. The molecular weight excluding hydrogens is 206 g/mol. The van der Waals surface area contributed by atoms with E-state index in [1.807, 2.05) is 6.07 Å². The van der Waals surface area contributed by atoms with Crippen LogP contribution in [0.15, 0.2) is 28.8 Å². The molecule has 0 aromatic carbocycles. The van der Waals surface area contributed by atoms with E-state index in [-0.39, 0.29) is 17.6 Å². The SMILES string of the molecule is O=C(c1nnc(-c2ccccn2)o1)C1CC1. The van der Waals surface area contributed by atoms with E-state index >= 15 is 0 Å². The van der Waals surface area contributed by atoms with Gasteiger partial charge in [0, 0.05) is 12.1 Å². The number of carbonyl (C=O) groups is 1. The van der Waals surface area contributed by atoms with Crippen LogP contribution in [0.3, 0.4) is 0 Å². The Kier molecular flexibility index (Phi) is 2.02. The Morgan fingerprint density at radius 2 is 2.19 bits per heavy atom. The molecule has 80 valence electrons. The first-order valence-electron chi connectivity index (χ1n) is 5.14. The third-order valence-corrected chi connectivity index (χ3v) is 2.47. The maximum atomic E-state index is 11.6. The summed E-state index contributed by atoms with van der Waals surface area (Å²) < 4.78 is 5.30. The average Bonchev–Trinajstić information content (AvgIpc) is 3.07. The molecule has 1 saturated carbocycles. The molecule has 1 fully saturated rings. The molecule has 5 nitrogen and oxygen atoms in total. The van der Waals surface area contributed by atoms with Crippen molar-refractivity contribution in [3.8, 4) is 11.6 Å². The number of carbonyl (C=O) groups excluding carboxylic acids is 1. The van der Waals surface area contributed by atoms with Gasteiger partial charge in [-0.15, -0.1) is 10.2 Å². The lowest BCUT2D eigenvalue weighted by molar-refractivity contribution is 0.0934. The van der Waals surface area contributed by atoms with Crippen LogP contribution in [-0.4, -0.2) is 21.0 Å². The smallest absolute Gasteiger partial charge is 0.284 e. The van der Waals surface area contributed by atoms with Gasteiger partial charge in [-0.25, -0.2) is 0 Å². The molecule has 0 N–H and O–H groups in total. The largest absolute Gasteiger partial charge is 0.412 e. The topological polar surface area (TPSA) is 68.9 Å². The van der Waals surface area contributed by atoms with Crippen LogP contribution in [0.2, 0.25) is 0 Å². The summed E-state index contributed by atoms with van der Waals surface area (Å²) in [5.41, 5.74) is 0.588. The van der Waals surface area contributed by atoms with Gasteiger partial charge in [-0.05, 0) is 25.0 Å². The summed E-state index contributed by atoms with van der Waals surface area (Å²) >= 11 is 0. The van der Waals surface area contributed by atoms with Gasteiger partial charge in [0.1, 0.15) is 5.69 Å². The molecule has 3 rings (SSSR count). The summed E-state index contributed by atoms with van der Waals surface area (Å²) in [6.45, 7) is 0. The number of hydrogen-bond donors (Lipinski definition) is 0. The zero-order valence-corrected chi connectivity index (χ0v) is 8.46. The van der Waals surface area contributed by atoms with E-state index in [2.05, 4.69) is 15.2 Å². The van der Waals surface area contributed by atoms with Crippen molar-refractivity contribution in [2.75, 3.05) is 0 Å². The second kappa shape index (κ2) is 3.52. The molecule has 2 aromatic rings. The van der Waals surface area contributed by atoms with Gasteiger partial charge in [-0.3, -0.25) is 9.78 Å². The normalized spacial score (nSPS) is 15.0. The minimum atomic E-state index is -0.0466. The van der Waals surface area contributed by atoms with E-state index in [1.165, 1.54) is 0 Å². The quantitative estimate of drug-likeness (QED) is 0.729. The Morgan fingerprint density at radius 3 is 2.88 bits per heavy atom. The van der Waals surface area contributed by atoms with Crippen LogP contribution in [0.1, 0.15) is 23.5 Å². The van der Waals surface area contributed by atoms with Gasteiger partial charge < -0.3 is 4.42 Å². The molecule has 0 spiro atoms. The van der Waals surface area contributed by atoms with E-state index < -0.39 is 0 Å². The van der Waals surface area contributed by atoms with E-state index in [0.29, 0.717) is 11.6 Å². The zero-order valence-electron chi connectivity index (χ0n) is 8.46. The van der Waals surface area contributed by atoms with E-state index in [4.69, 9.17) is 4.42 Å². The molecule has 0 unspecified atom stereocenters. The van der Waals surface area contributed by atoms with Crippen LogP contribution in [0.5, 0.6) is 0 Å². The third-order valence-electron chi connectivity index (χ3n) is 2.47. The van der Waals surface area contributed by atoms with Gasteiger partial charge in [0.15, 0.2) is 0 Å². The minimum absolute atomic E-state index is 0.0466. The van der Waals surface area contributed by atoms with E-state index in [1.54, 1.807) is 18.3 Å². The maximum absolute atomic E-state index is 11.6. The molecule has 2 heterocycles. The molecular formula is C11H9N3O2. The van der Waals surface area contributed by atoms with Gasteiger partial charge in [-0.1, -0.05) is 6.07 Å². The predicted molar refractivity (Wildman–Crippen MR) is 54.6 cm³/mol. The fourth-order valence-corrected chi connectivity index (χ4v) is 1.44. The Morgan fingerprint density at radius 1 is 1.31 bits per heavy atom. The first-order chi connectivity index (χ1) is 7.84. The summed E-state index contributed by atoms with van der Waals surface area (Å²) in [5, 5.41) is 7.57. The summed E-state index contributed by atoms with van der Waals surface area (Å²) in [4.78, 5) is 15.7.